The van der Waals surface area contributed by atoms with Crippen LogP contribution in [0.3, 0.4) is 0 Å². The largest absolute Gasteiger partial charge is 0.497 e. The molecule has 28 heavy (non-hydrogen) atoms. The molecule has 0 aromatic heterocycles. The summed E-state index contributed by atoms with van der Waals surface area (Å²) in [5.41, 5.74) is 3.88. The van der Waals surface area contributed by atoms with Crippen molar-refractivity contribution in [3.05, 3.63) is 64.9 Å². The molecule has 0 fully saturated rings. The third-order valence-corrected chi connectivity index (χ3v) is 5.32. The molecule has 1 amide bonds. The highest BCUT2D eigenvalue weighted by Gasteiger charge is 2.42. The quantitative estimate of drug-likeness (QED) is 0.780. The summed E-state index contributed by atoms with van der Waals surface area (Å²) < 4.78 is 5.25. The molecule has 1 aromatic rings. The van der Waals surface area contributed by atoms with Gasteiger partial charge in [-0.15, -0.1) is 0 Å². The van der Waals surface area contributed by atoms with E-state index < -0.39 is 0 Å². The molecule has 4 rings (SSSR count). The molecule has 7 heteroatoms. The molecule has 3 heterocycles. The summed E-state index contributed by atoms with van der Waals surface area (Å²) in [4.78, 5) is 25.0. The number of amides is 1. The van der Waals surface area contributed by atoms with Crippen molar-refractivity contribution in [3.8, 4) is 5.75 Å². The zero-order chi connectivity index (χ0) is 19.8. The molecule has 0 saturated carbocycles. The molecule has 3 aliphatic heterocycles. The summed E-state index contributed by atoms with van der Waals surface area (Å²) >= 11 is 0. The number of methoxy groups -OCH3 is 1. The van der Waals surface area contributed by atoms with Crippen molar-refractivity contribution >= 4 is 5.91 Å². The number of carbonyl (C=O) groups excluding carboxylic acids is 1. The summed E-state index contributed by atoms with van der Waals surface area (Å²) in [6, 6.07) is 7.85. The van der Waals surface area contributed by atoms with Gasteiger partial charge in [0, 0.05) is 13.1 Å². The van der Waals surface area contributed by atoms with Crippen molar-refractivity contribution in [1.29, 1.82) is 0 Å². The number of rotatable bonds is 5. The Morgan fingerprint density at radius 2 is 1.89 bits per heavy atom. The number of allylic oxidation sites excluding steroid dienone is 1. The Hall–Kier alpha value is -2.93. The predicted octanol–water partition coefficient (Wildman–Crippen LogP) is 2.47. The second-order valence-corrected chi connectivity index (χ2v) is 7.14. The Bertz CT molecular complexity index is 872. The van der Waals surface area contributed by atoms with Gasteiger partial charge in [0.2, 0.25) is 0 Å². The van der Waals surface area contributed by atoms with Crippen LogP contribution in [-0.4, -0.2) is 59.6 Å². The fourth-order valence-electron chi connectivity index (χ4n) is 3.89. The van der Waals surface area contributed by atoms with Crippen LogP contribution >= 0.6 is 0 Å². The average Bonchev–Trinajstić information content (AvgIpc) is 3.15. The highest BCUT2D eigenvalue weighted by Crippen LogP contribution is 2.38. The minimum absolute atomic E-state index is 0.0175. The van der Waals surface area contributed by atoms with E-state index in [9.17, 15) is 4.79 Å². The maximum atomic E-state index is 13.4. The molecule has 3 aliphatic rings. The minimum Gasteiger partial charge on any atom is -0.497 e. The molecule has 1 aromatic carbocycles. The van der Waals surface area contributed by atoms with Crippen LogP contribution in [0.2, 0.25) is 0 Å². The number of benzene rings is 1. The molecule has 148 valence electrons. The first-order valence-electron chi connectivity index (χ1n) is 9.47. The maximum absolute atomic E-state index is 13.4. The minimum atomic E-state index is -0.0175. The third kappa shape index (κ3) is 3.01. The van der Waals surface area contributed by atoms with Gasteiger partial charge in [0.05, 0.1) is 32.7 Å². The average molecular weight is 382 g/mol. The molecule has 0 atom stereocenters. The Kier molecular flexibility index (Phi) is 4.77. The predicted molar refractivity (Wildman–Crippen MR) is 105 cm³/mol. The summed E-state index contributed by atoms with van der Waals surface area (Å²) in [5.74, 6) is 1.85. The number of ether oxygens (including phenoxy) is 1. The third-order valence-electron chi connectivity index (χ3n) is 5.32. The Labute approximate surface area is 165 Å². The van der Waals surface area contributed by atoms with E-state index in [0.717, 1.165) is 35.9 Å². The van der Waals surface area contributed by atoms with Gasteiger partial charge in [-0.2, -0.15) is 0 Å². The summed E-state index contributed by atoms with van der Waals surface area (Å²) in [6.07, 6.45) is 3.92. The summed E-state index contributed by atoms with van der Waals surface area (Å²) in [5, 5.41) is 1.69. The second kappa shape index (κ2) is 7.24. The molecule has 0 radical (unpaired) electrons. The van der Waals surface area contributed by atoms with Crippen molar-refractivity contribution in [2.75, 3.05) is 34.0 Å². The van der Waals surface area contributed by atoms with Gasteiger partial charge in [0.1, 0.15) is 23.9 Å². The van der Waals surface area contributed by atoms with Gasteiger partial charge in [-0.05, 0) is 37.6 Å². The van der Waals surface area contributed by atoms with E-state index in [1.54, 1.807) is 25.5 Å². The van der Waals surface area contributed by atoms with Crippen LogP contribution in [0.5, 0.6) is 5.75 Å². The first kappa shape index (κ1) is 18.4. The van der Waals surface area contributed by atoms with E-state index in [1.807, 2.05) is 29.2 Å². The van der Waals surface area contributed by atoms with Gasteiger partial charge in [-0.3, -0.25) is 19.4 Å². The van der Waals surface area contributed by atoms with E-state index in [2.05, 4.69) is 29.7 Å². The zero-order valence-corrected chi connectivity index (χ0v) is 16.8. The Balaban J connectivity index is 1.77. The first-order valence-corrected chi connectivity index (χ1v) is 9.47. The monoisotopic (exact) mass is 382 g/mol. The van der Waals surface area contributed by atoms with Crippen LogP contribution in [0.4, 0.5) is 0 Å². The van der Waals surface area contributed by atoms with Crippen LogP contribution in [0.25, 0.3) is 0 Å². The van der Waals surface area contributed by atoms with Crippen LogP contribution in [0.15, 0.2) is 59.3 Å². The van der Waals surface area contributed by atoms with Crippen molar-refractivity contribution in [2.24, 2.45) is 0 Å². The fourth-order valence-corrected chi connectivity index (χ4v) is 3.89. The Morgan fingerprint density at radius 1 is 1.14 bits per heavy atom. The standard InChI is InChI=1S/C21H26N4O3/c1-5-22-11-15(2)10-18-20(22)25-14-23(28-4)13-19(25)21(26)24(18)12-16-6-8-17(27-3)9-7-16/h6-10,13H,5,11-12,14H2,1-4H3. The van der Waals surface area contributed by atoms with Gasteiger partial charge >= 0.3 is 0 Å². The van der Waals surface area contributed by atoms with Gasteiger partial charge in [0.25, 0.3) is 5.91 Å². The van der Waals surface area contributed by atoms with E-state index in [1.165, 1.54) is 5.57 Å². The van der Waals surface area contributed by atoms with Gasteiger partial charge < -0.3 is 9.64 Å². The molecule has 0 N–H and O–H groups in total. The van der Waals surface area contributed by atoms with E-state index >= 15 is 0 Å². The van der Waals surface area contributed by atoms with Crippen molar-refractivity contribution < 1.29 is 14.4 Å². The van der Waals surface area contributed by atoms with Gasteiger partial charge in [0.15, 0.2) is 0 Å². The zero-order valence-electron chi connectivity index (χ0n) is 16.8. The van der Waals surface area contributed by atoms with E-state index in [-0.39, 0.29) is 5.91 Å². The number of hydrogen-bond donors (Lipinski definition) is 0. The lowest BCUT2D eigenvalue weighted by Gasteiger charge is -2.44. The van der Waals surface area contributed by atoms with Crippen LogP contribution in [0, 0.1) is 0 Å². The maximum Gasteiger partial charge on any atom is 0.277 e. The molecule has 7 nitrogen and oxygen atoms in total. The fraction of sp³-hybridized carbons (Fsp3) is 0.381. The highest BCUT2D eigenvalue weighted by atomic mass is 16.7. The lowest BCUT2D eigenvalue weighted by atomic mass is 10.1. The van der Waals surface area contributed by atoms with Crippen molar-refractivity contribution in [1.82, 2.24) is 19.8 Å². The molecular weight excluding hydrogens is 356 g/mol. The van der Waals surface area contributed by atoms with Crippen molar-refractivity contribution in [2.45, 2.75) is 20.4 Å². The molecule has 0 spiro atoms. The molecule has 0 aliphatic carbocycles. The number of likely N-dealkylation sites (N-methyl/N-ethyl adjacent to an activating group) is 1. The van der Waals surface area contributed by atoms with E-state index in [0.29, 0.717) is 18.9 Å². The SMILES string of the molecule is CCN1CC(C)=CC2=C1N1CN(OC)C=C1C(=O)N2Cc1ccc(OC)cc1. The molecule has 0 bridgehead atoms. The summed E-state index contributed by atoms with van der Waals surface area (Å²) in [7, 11) is 3.27. The lowest BCUT2D eigenvalue weighted by Crippen LogP contribution is -2.49. The number of nitrogens with zero attached hydrogens (tertiary/aromatic N) is 4. The number of hydrogen-bond acceptors (Lipinski definition) is 6. The molecular formula is C21H26N4O3. The second-order valence-electron chi connectivity index (χ2n) is 7.14. The summed E-state index contributed by atoms with van der Waals surface area (Å²) in [6.45, 7) is 6.99. The number of carbonyl (C=O) groups is 1. The molecule has 0 saturated heterocycles. The van der Waals surface area contributed by atoms with Crippen LogP contribution in [-0.2, 0) is 16.2 Å². The first-order chi connectivity index (χ1) is 13.5. The van der Waals surface area contributed by atoms with Gasteiger partial charge in [-0.25, -0.2) is 5.06 Å². The number of hydroxylamine groups is 2. The van der Waals surface area contributed by atoms with Gasteiger partial charge in [-0.1, -0.05) is 17.7 Å². The topological polar surface area (TPSA) is 48.5 Å². The smallest absolute Gasteiger partial charge is 0.277 e. The van der Waals surface area contributed by atoms with Crippen molar-refractivity contribution in [3.63, 3.8) is 0 Å². The van der Waals surface area contributed by atoms with Crippen LogP contribution < -0.4 is 4.74 Å². The highest BCUT2D eigenvalue weighted by molar-refractivity contribution is 5.96. The van der Waals surface area contributed by atoms with E-state index in [4.69, 9.17) is 9.57 Å². The number of fused-ring (bicyclic) bond motifs is 2. The normalized spacial score (nSPS) is 18.9. The van der Waals surface area contributed by atoms with Crippen LogP contribution in [0.1, 0.15) is 19.4 Å². The molecule has 0 unspecified atom stereocenters. The Morgan fingerprint density at radius 3 is 2.54 bits per heavy atom. The lowest BCUT2D eigenvalue weighted by molar-refractivity contribution is -0.129.